The normalized spacial score (nSPS) is 11.4. The van der Waals surface area contributed by atoms with Gasteiger partial charge < -0.3 is 9.52 Å². The van der Waals surface area contributed by atoms with Crippen LogP contribution in [0.3, 0.4) is 0 Å². The molecule has 0 unspecified atom stereocenters. The number of phenolic OH excluding ortho intramolecular Hbond substituents is 1. The van der Waals surface area contributed by atoms with Crippen molar-refractivity contribution in [3.63, 3.8) is 0 Å². The Hall–Kier alpha value is -2.40. The Balaban J connectivity index is 2.23. The first kappa shape index (κ1) is 17.4. The van der Waals surface area contributed by atoms with E-state index in [1.54, 1.807) is 0 Å². The molecule has 1 aromatic heterocycles. The molecule has 0 fully saturated rings. The molecule has 0 aliphatic heterocycles. The van der Waals surface area contributed by atoms with Gasteiger partial charge in [0.15, 0.2) is 0 Å². The number of phenols is 1. The van der Waals surface area contributed by atoms with E-state index in [1.807, 2.05) is 44.2 Å². The van der Waals surface area contributed by atoms with Crippen LogP contribution in [0.4, 0.5) is 0 Å². The standard InChI is InChI=1S/C20H21NO3S/c1-4-5-13-6-8-14(9-7-13)21-19(25)16-10-15(12(2)3)17(22)11-18(16)24-20(21)23/h6-12,22H,4-5H2,1-3H3. The maximum absolute atomic E-state index is 12.4. The van der Waals surface area contributed by atoms with E-state index in [9.17, 15) is 9.90 Å². The molecule has 4 nitrogen and oxygen atoms in total. The molecule has 0 aliphatic rings. The number of hydrogen-bond donors (Lipinski definition) is 1. The molecule has 3 rings (SSSR count). The van der Waals surface area contributed by atoms with Crippen molar-refractivity contribution in [2.24, 2.45) is 0 Å². The summed E-state index contributed by atoms with van der Waals surface area (Å²) in [5.74, 6) is -0.313. The van der Waals surface area contributed by atoms with E-state index in [0.29, 0.717) is 21.3 Å². The van der Waals surface area contributed by atoms with Crippen molar-refractivity contribution in [1.29, 1.82) is 0 Å². The van der Waals surface area contributed by atoms with Gasteiger partial charge in [-0.15, -0.1) is 0 Å². The quantitative estimate of drug-likeness (QED) is 0.662. The van der Waals surface area contributed by atoms with Crippen LogP contribution in [-0.2, 0) is 6.42 Å². The van der Waals surface area contributed by atoms with Gasteiger partial charge in [0.2, 0.25) is 0 Å². The Morgan fingerprint density at radius 3 is 2.48 bits per heavy atom. The largest absolute Gasteiger partial charge is 0.508 e. The van der Waals surface area contributed by atoms with E-state index in [-0.39, 0.29) is 11.7 Å². The van der Waals surface area contributed by atoms with Crippen molar-refractivity contribution in [2.45, 2.75) is 39.5 Å². The molecule has 0 spiro atoms. The van der Waals surface area contributed by atoms with Crippen LogP contribution in [0.1, 0.15) is 44.2 Å². The third-order valence-corrected chi connectivity index (χ3v) is 4.70. The fraction of sp³-hybridized carbons (Fsp3) is 0.300. The van der Waals surface area contributed by atoms with Gasteiger partial charge in [0.1, 0.15) is 16.0 Å². The maximum Gasteiger partial charge on any atom is 0.425 e. The zero-order chi connectivity index (χ0) is 18.1. The molecule has 0 amide bonds. The van der Waals surface area contributed by atoms with E-state index in [1.165, 1.54) is 16.2 Å². The van der Waals surface area contributed by atoms with Gasteiger partial charge in [-0.2, -0.15) is 0 Å². The van der Waals surface area contributed by atoms with Crippen LogP contribution in [0.15, 0.2) is 45.6 Å². The fourth-order valence-corrected chi connectivity index (χ4v) is 3.31. The first-order chi connectivity index (χ1) is 11.9. The minimum absolute atomic E-state index is 0.113. The lowest BCUT2D eigenvalue weighted by atomic mass is 10.0. The highest BCUT2D eigenvalue weighted by atomic mass is 32.1. The molecule has 25 heavy (non-hydrogen) atoms. The molecular weight excluding hydrogens is 334 g/mol. The van der Waals surface area contributed by atoms with E-state index < -0.39 is 5.76 Å². The Bertz CT molecular complexity index is 1030. The lowest BCUT2D eigenvalue weighted by molar-refractivity contribution is 0.460. The van der Waals surface area contributed by atoms with Crippen molar-refractivity contribution in [2.75, 3.05) is 0 Å². The number of rotatable bonds is 4. The molecule has 0 aliphatic carbocycles. The summed E-state index contributed by atoms with van der Waals surface area (Å²) in [5, 5.41) is 10.8. The molecule has 2 aromatic carbocycles. The average molecular weight is 355 g/mol. The van der Waals surface area contributed by atoms with Crippen molar-refractivity contribution >= 4 is 23.2 Å². The molecule has 0 saturated heterocycles. The molecule has 5 heteroatoms. The predicted molar refractivity (Wildman–Crippen MR) is 102 cm³/mol. The van der Waals surface area contributed by atoms with Crippen molar-refractivity contribution in [3.05, 3.63) is 62.7 Å². The topological polar surface area (TPSA) is 55.4 Å². The number of aryl methyl sites for hydroxylation is 1. The average Bonchev–Trinajstić information content (AvgIpc) is 2.56. The second-order valence-corrected chi connectivity index (χ2v) is 6.87. The van der Waals surface area contributed by atoms with Gasteiger partial charge in [0.25, 0.3) is 0 Å². The SMILES string of the molecule is CCCc1ccc(-n2c(=O)oc3cc(O)c(C(C)C)cc3c2=S)cc1. The van der Waals surface area contributed by atoms with Gasteiger partial charge in [-0.3, -0.25) is 0 Å². The van der Waals surface area contributed by atoms with Gasteiger partial charge >= 0.3 is 5.76 Å². The highest BCUT2D eigenvalue weighted by Gasteiger charge is 2.14. The van der Waals surface area contributed by atoms with Crippen molar-refractivity contribution < 1.29 is 9.52 Å². The lowest BCUT2D eigenvalue weighted by Gasteiger charge is -2.12. The Kier molecular flexibility index (Phi) is 4.77. The lowest BCUT2D eigenvalue weighted by Crippen LogP contribution is -2.18. The van der Waals surface area contributed by atoms with Gasteiger partial charge in [0.05, 0.1) is 11.1 Å². The zero-order valence-corrected chi connectivity index (χ0v) is 15.4. The van der Waals surface area contributed by atoms with Crippen LogP contribution in [0.2, 0.25) is 0 Å². The van der Waals surface area contributed by atoms with Gasteiger partial charge in [-0.25, -0.2) is 9.36 Å². The van der Waals surface area contributed by atoms with E-state index in [0.717, 1.165) is 18.4 Å². The van der Waals surface area contributed by atoms with Crippen LogP contribution in [0.25, 0.3) is 16.7 Å². The van der Waals surface area contributed by atoms with E-state index in [2.05, 4.69) is 6.92 Å². The summed E-state index contributed by atoms with van der Waals surface area (Å²) in [6, 6.07) is 11.0. The highest BCUT2D eigenvalue weighted by molar-refractivity contribution is 7.71. The summed E-state index contributed by atoms with van der Waals surface area (Å²) in [6.07, 6.45) is 2.06. The minimum Gasteiger partial charge on any atom is -0.508 e. The Morgan fingerprint density at radius 2 is 1.88 bits per heavy atom. The smallest absolute Gasteiger partial charge is 0.425 e. The molecule has 1 N–H and O–H groups in total. The predicted octanol–water partition coefficient (Wildman–Crippen LogP) is 5.09. The van der Waals surface area contributed by atoms with Crippen LogP contribution < -0.4 is 5.76 Å². The number of nitrogens with zero attached hydrogens (tertiary/aromatic N) is 1. The summed E-state index contributed by atoms with van der Waals surface area (Å²) < 4.78 is 7.18. The second kappa shape index (κ2) is 6.84. The monoisotopic (exact) mass is 355 g/mol. The second-order valence-electron chi connectivity index (χ2n) is 6.49. The molecule has 1 heterocycles. The summed E-state index contributed by atoms with van der Waals surface area (Å²) in [6.45, 7) is 6.11. The molecule has 0 bridgehead atoms. The summed E-state index contributed by atoms with van der Waals surface area (Å²) in [5.41, 5.74) is 2.97. The minimum atomic E-state index is -0.558. The Labute approximate surface area is 151 Å². The van der Waals surface area contributed by atoms with Crippen molar-refractivity contribution in [3.8, 4) is 11.4 Å². The Morgan fingerprint density at radius 1 is 1.20 bits per heavy atom. The number of fused-ring (bicyclic) bond motifs is 1. The summed E-state index contributed by atoms with van der Waals surface area (Å²) in [7, 11) is 0. The molecule has 3 aromatic rings. The fourth-order valence-electron chi connectivity index (χ4n) is 2.97. The van der Waals surface area contributed by atoms with Crippen LogP contribution >= 0.6 is 12.2 Å². The zero-order valence-electron chi connectivity index (χ0n) is 14.6. The number of aromatic nitrogens is 1. The van der Waals surface area contributed by atoms with E-state index >= 15 is 0 Å². The third-order valence-electron chi connectivity index (χ3n) is 4.30. The van der Waals surface area contributed by atoms with Crippen LogP contribution in [0.5, 0.6) is 5.75 Å². The van der Waals surface area contributed by atoms with Crippen molar-refractivity contribution in [1.82, 2.24) is 4.57 Å². The summed E-state index contributed by atoms with van der Waals surface area (Å²) in [4.78, 5) is 12.4. The highest BCUT2D eigenvalue weighted by Crippen LogP contribution is 2.30. The first-order valence-electron chi connectivity index (χ1n) is 8.44. The number of aromatic hydroxyl groups is 1. The first-order valence-corrected chi connectivity index (χ1v) is 8.85. The van der Waals surface area contributed by atoms with Crippen LogP contribution in [-0.4, -0.2) is 9.67 Å². The van der Waals surface area contributed by atoms with Crippen LogP contribution in [0, 0.1) is 4.64 Å². The molecule has 0 atom stereocenters. The van der Waals surface area contributed by atoms with Gasteiger partial charge in [0, 0.05) is 6.07 Å². The number of hydrogen-bond acceptors (Lipinski definition) is 4. The van der Waals surface area contributed by atoms with Gasteiger partial charge in [-0.1, -0.05) is 51.5 Å². The summed E-state index contributed by atoms with van der Waals surface area (Å²) >= 11 is 5.56. The molecular formula is C20H21NO3S. The third kappa shape index (κ3) is 3.24. The number of benzene rings is 2. The molecule has 0 radical (unpaired) electrons. The molecule has 130 valence electrons. The van der Waals surface area contributed by atoms with E-state index in [4.69, 9.17) is 16.6 Å². The van der Waals surface area contributed by atoms with Gasteiger partial charge in [-0.05, 0) is 41.7 Å². The maximum atomic E-state index is 12.4. The molecule has 0 saturated carbocycles.